The van der Waals surface area contributed by atoms with Gasteiger partial charge in [0, 0.05) is 6.42 Å². The normalized spacial score (nSPS) is 33.1. The molecule has 736 valence electrons. The zero-order valence-corrected chi connectivity index (χ0v) is 113. The van der Waals surface area contributed by atoms with Gasteiger partial charge < -0.3 is 102 Å². The Bertz CT molecular complexity index is 5570. The predicted octanol–water partition coefficient (Wildman–Crippen LogP) is -49.2. The largest absolute Gasteiger partial charge is 1.00 e. The third-order valence-corrected chi connectivity index (χ3v) is 27.5. The van der Waals surface area contributed by atoms with Crippen LogP contribution in [-0.2, 0) is 232 Å². The molecule has 0 aromatic rings. The number of terminal acetylenes is 1. The van der Waals surface area contributed by atoms with Gasteiger partial charge in [-0.05, 0) is 111 Å². The van der Waals surface area contributed by atoms with Crippen LogP contribution in [0.15, 0.2) is 0 Å². The van der Waals surface area contributed by atoms with Gasteiger partial charge in [-0.15, -0.1) is 6.42 Å². The van der Waals surface area contributed by atoms with Crippen LogP contribution in [0.3, 0.4) is 0 Å². The van der Waals surface area contributed by atoms with E-state index in [0.717, 1.165) is 19.3 Å². The Kier molecular flexibility index (Phi) is 73.9. The second-order valence-corrected chi connectivity index (χ2v) is 42.7. The number of rotatable bonds is 43. The van der Waals surface area contributed by atoms with Crippen molar-refractivity contribution in [3.05, 3.63) is 0 Å². The van der Waals surface area contributed by atoms with Crippen LogP contribution in [0, 0.1) is 58.7 Å². The summed E-state index contributed by atoms with van der Waals surface area (Å²) in [6.45, 7) is -3.26. The van der Waals surface area contributed by atoms with E-state index in [4.69, 9.17) is 44.3 Å². The summed E-state index contributed by atoms with van der Waals surface area (Å²) >= 11 is 0. The smallest absolute Gasteiger partial charge is 0.726 e. The van der Waals surface area contributed by atoms with E-state index in [1.54, 1.807) is 0 Å². The first kappa shape index (κ1) is 160. The summed E-state index contributed by atoms with van der Waals surface area (Å²) in [7, 11) is -88.1. The first-order valence-corrected chi connectivity index (χ1v) is 52.4. The minimum atomic E-state index is -7.14. The topological polar surface area (TPSA) is 967 Å². The summed E-state index contributed by atoms with van der Waals surface area (Å²) in [6, 6.07) is 0. The minimum absolute atomic E-state index is 0. The molecule has 29 atom stereocenters. The molecule has 8 fully saturated rings. The zero-order chi connectivity index (χ0) is 95.2. The SMILES string of the molecule is C#CCNC(=O)CC[C@@H](C)[C@H]1CC[C@H]2[C@@H]3CC[C@@H]4C[C@H](O[C@@H]5O[C@H](COS(=O)(=O)[O-])[C@@H](O[C@H]6O[C@H](COS(=O)(=O)[O-])[C@@H](O[C@H]7O[C@H](COS(=O)(=O)[O-])[C@@H](O[C@H]8O[C@H](COS(=O)(=O)[O-])[C@@H](OS(=O)(=O)[O-])[C@H](OS(=O)(=O)[O-])[C@H]8OS(=O)(=O)[O-])[C@H](OS(=O)(=O)[O-])[C@H]7OS(=O)(=O)[O-])[C@H](OS(=O)(=O)[O-])[C@H]6OS(=O)(=O)[O-])[C@H](OS(=O)(=O)[O-])[C@H]5OS(=O)(=O)[O-])CC[C@]4(C)[C@H]3CC[C@]12C.[Na+].[Na+].[Na+].[Na+].[Na+].[Na+].[Na+].[Na+].[Na+].[Na+].[Na+].[Na+].[Na+]. The van der Waals surface area contributed by atoms with Crippen molar-refractivity contribution < 1.29 is 650 Å². The van der Waals surface area contributed by atoms with Crippen molar-refractivity contribution in [3.8, 4) is 12.3 Å². The van der Waals surface area contributed by atoms with Crippen molar-refractivity contribution in [1.82, 2.24) is 5.32 Å². The fourth-order valence-electron chi connectivity index (χ4n) is 17.5. The second-order valence-electron chi connectivity index (χ2n) is 29.4. The molecule has 88 heteroatoms. The van der Waals surface area contributed by atoms with E-state index in [-0.39, 0.29) is 463 Å². The fourth-order valence-corrected chi connectivity index (χ4v) is 23.1. The van der Waals surface area contributed by atoms with Gasteiger partial charge in [0.1, 0.15) is 73.2 Å². The summed E-state index contributed by atoms with van der Waals surface area (Å²) in [5.41, 5.74) is -0.741. The Hall–Kier alpha value is 10.0. The quantitative estimate of drug-likeness (QED) is 0.0195. The van der Waals surface area contributed by atoms with Gasteiger partial charge in [-0.1, -0.05) is 26.7 Å². The summed E-state index contributed by atoms with van der Waals surface area (Å²) in [6.07, 6.45) is -65.7. The Morgan fingerprint density at radius 1 is 0.338 bits per heavy atom. The zero-order valence-electron chi connectivity index (χ0n) is 76.2. The summed E-state index contributed by atoms with van der Waals surface area (Å²) in [5.74, 6) is 2.36. The molecular formula is C51H70NNa13O61S13. The molecular weight excluding hydrogens is 2320 g/mol. The molecule has 62 nitrogen and oxygen atoms in total. The molecule has 8 rings (SSSR count). The number of amides is 1. The summed E-state index contributed by atoms with van der Waals surface area (Å²) in [4.78, 5) is 12.5. The Morgan fingerprint density at radius 2 is 0.597 bits per heavy atom. The van der Waals surface area contributed by atoms with Gasteiger partial charge in [0.15, 0.2) is 49.6 Å². The van der Waals surface area contributed by atoms with Crippen LogP contribution >= 0.6 is 0 Å². The summed E-state index contributed by atoms with van der Waals surface area (Å²) in [5, 5.41) is 2.64. The minimum Gasteiger partial charge on any atom is -0.726 e. The van der Waals surface area contributed by atoms with Crippen molar-refractivity contribution in [1.29, 1.82) is 0 Å². The van der Waals surface area contributed by atoms with Crippen molar-refractivity contribution in [2.75, 3.05) is 33.0 Å². The molecule has 4 aliphatic heterocycles. The molecule has 4 aliphatic carbocycles. The Balaban J connectivity index is -0.00000340. The first-order chi connectivity index (χ1) is 57.0. The van der Waals surface area contributed by atoms with E-state index in [0.29, 0.717) is 25.7 Å². The Morgan fingerprint density at radius 3 is 0.885 bits per heavy atom. The predicted molar refractivity (Wildman–Crippen MR) is 363 cm³/mol. The monoisotopic (exact) mass is 2390 g/mol. The maximum atomic E-state index is 13.0. The van der Waals surface area contributed by atoms with E-state index in [1.807, 2.05) is 6.92 Å². The second kappa shape index (κ2) is 64.3. The van der Waals surface area contributed by atoms with Crippen LogP contribution in [0.5, 0.6) is 0 Å². The molecule has 4 saturated carbocycles. The number of hydrogen-bond acceptors (Lipinski definition) is 61. The van der Waals surface area contributed by atoms with Gasteiger partial charge in [0.05, 0.1) is 39.1 Å². The standard InChI is InChI=1S/C51H83NO61S13.13Na/c1-5-16-52-33(53)11-6-22(2)26-9-10-27-25-8-7-23-17-24(12-14-50(23,3)28(25)13-15-51(26,27)4)97-46-42(110-123(81,82)83)38(106-119(69,70)71)34(29(98-46)18-93-114(54,55)56)102-47-43(111-124(84,85)86)39(107-120(72,73)74)35(30(99-47)19-94-115(57,58)59)103-48-44(112-125(87,88)89)40(108-121(75,76)77)36(31(100-48)20-95-116(60,61)62)104-49-45(113-126(90,91)92)41(109-122(78,79)80)37(105-118(66,67)68)32(101-49)21-96-117(63,64)65;;;;;;;;;;;;;/h1,22-32,34-49H,6-21H2,2-4H3,(H,52,53)(H,54,55,56)(H,57,58,59)(H,60,61,62)(H,63,64,65)(H,66,67,68)(H,69,70,71)(H,72,73,74)(H,75,76,77)(H,78,79,80)(H,81,82,83)(H,84,85,86)(H,87,88,89)(H,90,91,92);;;;;;;;;;;;;/q;13*+1/p-13/t22-,23-,24-,25+,26-,27+,28+,29-,30-,31-,32-,34-,35-,36-,37-,38+,39+,40+,41+,42-,43-,44-,45-,46-,47-,48-,49-,50+,51-;;;;;;;;;;;;;/m1............./s1. The maximum absolute atomic E-state index is 13.0. The Labute approximate surface area is 1090 Å². The molecule has 0 unspecified atom stereocenters. The third kappa shape index (κ3) is 52.1. The molecule has 4 heterocycles. The first-order valence-electron chi connectivity index (χ1n) is 35.1. The van der Waals surface area contributed by atoms with Gasteiger partial charge in [-0.3, -0.25) is 59.2 Å². The van der Waals surface area contributed by atoms with Crippen LogP contribution in [0.2, 0.25) is 0 Å². The van der Waals surface area contributed by atoms with Gasteiger partial charge in [0.2, 0.25) is 141 Å². The molecule has 139 heavy (non-hydrogen) atoms. The molecule has 1 amide bonds. The van der Waals surface area contributed by atoms with Gasteiger partial charge in [-0.2, -0.15) is 0 Å². The van der Waals surface area contributed by atoms with Crippen LogP contribution in [0.4, 0.5) is 0 Å². The molecule has 0 bridgehead atoms. The van der Waals surface area contributed by atoms with Crippen molar-refractivity contribution in [3.63, 3.8) is 0 Å². The number of fused-ring (bicyclic) bond motifs is 5. The maximum Gasteiger partial charge on any atom is 1.00 e. The van der Waals surface area contributed by atoms with Crippen LogP contribution in [0.1, 0.15) is 91.4 Å². The molecule has 0 aromatic carbocycles. The molecule has 0 spiro atoms. The van der Waals surface area contributed by atoms with Crippen LogP contribution < -0.4 is 390 Å². The van der Waals surface area contributed by atoms with Crippen molar-refractivity contribution >= 4 is 141 Å². The number of nitrogens with one attached hydrogen (secondary N) is 1. The van der Waals surface area contributed by atoms with E-state index >= 15 is 0 Å². The van der Waals surface area contributed by atoms with Crippen molar-refractivity contribution in [2.24, 2.45) is 46.3 Å². The number of carbonyl (C=O) groups excluding carboxylic acids is 1. The average Bonchev–Trinajstić information content (AvgIpc) is 1.71. The third-order valence-electron chi connectivity index (χ3n) is 21.7. The van der Waals surface area contributed by atoms with Gasteiger partial charge in [0.25, 0.3) is 0 Å². The van der Waals surface area contributed by atoms with Crippen molar-refractivity contribution in [2.45, 2.75) is 220 Å². The average molecular weight is 2390 g/mol. The number of carbonyl (C=O) groups is 1. The number of ether oxygens (including phenoxy) is 8. The van der Waals surface area contributed by atoms with E-state index in [9.17, 15) is 173 Å². The summed E-state index contributed by atoms with van der Waals surface area (Å²) < 4.78 is 585. The molecule has 0 radical (unpaired) electrons. The van der Waals surface area contributed by atoms with Gasteiger partial charge in [-0.25, -0.2) is 109 Å². The fraction of sp³-hybridized carbons (Fsp3) is 0.941. The molecule has 0 aromatic heterocycles. The molecule has 1 N–H and O–H groups in total. The van der Waals surface area contributed by atoms with Crippen LogP contribution in [-0.4, -0.2) is 336 Å². The van der Waals surface area contributed by atoms with E-state index < -0.39 is 296 Å². The van der Waals surface area contributed by atoms with E-state index in [1.165, 1.54) is 0 Å². The molecule has 8 aliphatic rings. The van der Waals surface area contributed by atoms with Gasteiger partial charge >= 0.3 is 384 Å². The number of hydrogen-bond donors (Lipinski definition) is 1. The van der Waals surface area contributed by atoms with E-state index in [2.05, 4.69) is 79.5 Å². The molecule has 4 saturated heterocycles. The van der Waals surface area contributed by atoms with Crippen LogP contribution in [0.25, 0.3) is 0 Å².